The van der Waals surface area contributed by atoms with E-state index >= 15 is 0 Å². The molecule has 1 aliphatic rings. The van der Waals surface area contributed by atoms with E-state index < -0.39 is 11.6 Å². The number of fused-ring (bicyclic) bond motifs is 2. The molecule has 0 aliphatic carbocycles. The Balaban J connectivity index is 1.51. The molecule has 1 atom stereocenters. The van der Waals surface area contributed by atoms with Crippen LogP contribution in [0.4, 0.5) is 4.79 Å². The van der Waals surface area contributed by atoms with Crippen molar-refractivity contribution in [3.8, 4) is 11.5 Å². The van der Waals surface area contributed by atoms with Crippen molar-refractivity contribution >= 4 is 29.5 Å². The first-order chi connectivity index (χ1) is 18.7. The summed E-state index contributed by atoms with van der Waals surface area (Å²) in [6.07, 6.45) is 9.20. The lowest BCUT2D eigenvalue weighted by atomic mass is 9.91. The summed E-state index contributed by atoms with van der Waals surface area (Å²) in [6, 6.07) is 13.6. The van der Waals surface area contributed by atoms with Crippen molar-refractivity contribution in [2.75, 3.05) is 13.7 Å². The zero-order chi connectivity index (χ0) is 27.6. The average Bonchev–Trinajstić information content (AvgIpc) is 3.31. The first-order valence-electron chi connectivity index (χ1n) is 12.8. The van der Waals surface area contributed by atoms with Gasteiger partial charge >= 0.3 is 6.09 Å². The molecule has 0 N–H and O–H groups in total. The topological polar surface area (TPSA) is 78.2 Å². The summed E-state index contributed by atoms with van der Waals surface area (Å²) in [7, 11) is 1.62. The van der Waals surface area contributed by atoms with Gasteiger partial charge in [0.1, 0.15) is 12.2 Å². The van der Waals surface area contributed by atoms with Gasteiger partial charge in [0.25, 0.3) is 0 Å². The fourth-order valence-corrected chi connectivity index (χ4v) is 4.73. The Kier molecular flexibility index (Phi) is 7.48. The number of hydrogen-bond acceptors (Lipinski definition) is 6. The normalized spacial score (nSPS) is 15.4. The first-order valence-corrected chi connectivity index (χ1v) is 13.1. The van der Waals surface area contributed by atoms with Crippen LogP contribution in [0.2, 0.25) is 5.02 Å². The van der Waals surface area contributed by atoms with Crippen molar-refractivity contribution in [2.45, 2.75) is 45.4 Å². The summed E-state index contributed by atoms with van der Waals surface area (Å²) >= 11 is 6.17. The maximum Gasteiger partial charge on any atom is 0.411 e. The number of benzene rings is 2. The number of methoxy groups -OCH3 is 1. The van der Waals surface area contributed by atoms with Crippen LogP contribution < -0.4 is 9.47 Å². The second kappa shape index (κ2) is 11.0. The highest BCUT2D eigenvalue weighted by atomic mass is 35.5. The van der Waals surface area contributed by atoms with E-state index in [-0.39, 0.29) is 6.09 Å². The van der Waals surface area contributed by atoms with E-state index in [1.54, 1.807) is 30.6 Å². The van der Waals surface area contributed by atoms with Gasteiger partial charge in [-0.25, -0.2) is 14.8 Å². The van der Waals surface area contributed by atoms with Crippen molar-refractivity contribution in [1.82, 2.24) is 19.3 Å². The van der Waals surface area contributed by atoms with Crippen molar-refractivity contribution < 1.29 is 19.0 Å². The van der Waals surface area contributed by atoms with Crippen LogP contribution in [0.1, 0.15) is 49.2 Å². The Morgan fingerprint density at radius 1 is 1.13 bits per heavy atom. The third-order valence-corrected chi connectivity index (χ3v) is 6.57. The Labute approximate surface area is 232 Å². The zero-order valence-electron chi connectivity index (χ0n) is 22.4. The van der Waals surface area contributed by atoms with Crippen molar-refractivity contribution in [3.05, 3.63) is 94.5 Å². The van der Waals surface area contributed by atoms with Crippen LogP contribution in [0.25, 0.3) is 11.9 Å². The minimum absolute atomic E-state index is 0.381. The lowest BCUT2D eigenvalue weighted by Gasteiger charge is -2.37. The Bertz CT molecular complexity index is 1510. The van der Waals surface area contributed by atoms with Gasteiger partial charge < -0.3 is 14.2 Å². The van der Waals surface area contributed by atoms with Gasteiger partial charge in [-0.2, -0.15) is 0 Å². The molecule has 2 aromatic carbocycles. The van der Waals surface area contributed by atoms with Gasteiger partial charge in [0, 0.05) is 12.7 Å². The molecule has 1 unspecified atom stereocenters. The second-order valence-corrected chi connectivity index (χ2v) is 10.8. The summed E-state index contributed by atoms with van der Waals surface area (Å²) in [5.41, 5.74) is 3.25. The van der Waals surface area contributed by atoms with Crippen molar-refractivity contribution in [2.24, 2.45) is 0 Å². The van der Waals surface area contributed by atoms with E-state index in [4.69, 9.17) is 25.8 Å². The van der Waals surface area contributed by atoms with Crippen LogP contribution in [0.3, 0.4) is 0 Å². The molecule has 0 bridgehead atoms. The van der Waals surface area contributed by atoms with E-state index in [1.807, 2.05) is 79.8 Å². The van der Waals surface area contributed by atoms with E-state index in [2.05, 4.69) is 9.97 Å². The highest BCUT2D eigenvalue weighted by Crippen LogP contribution is 2.40. The second-order valence-electron chi connectivity index (χ2n) is 10.3. The summed E-state index contributed by atoms with van der Waals surface area (Å²) in [5.74, 6) is 1.80. The van der Waals surface area contributed by atoms with Crippen LogP contribution >= 0.6 is 11.6 Å². The Hall–Kier alpha value is -4.04. The largest absolute Gasteiger partial charge is 0.493 e. The number of carbonyl (C=O) groups excluding carboxylic acids is 1. The number of halogens is 1. The fraction of sp³-hybridized carbons (Fsp3) is 0.300. The average molecular weight is 547 g/mol. The van der Waals surface area contributed by atoms with Gasteiger partial charge in [0.15, 0.2) is 11.5 Å². The first kappa shape index (κ1) is 26.6. The Morgan fingerprint density at radius 2 is 1.90 bits per heavy atom. The van der Waals surface area contributed by atoms with E-state index in [1.165, 1.54) is 0 Å². The lowest BCUT2D eigenvalue weighted by Crippen LogP contribution is -2.42. The molecule has 1 aliphatic heterocycles. The predicted molar refractivity (Wildman–Crippen MR) is 150 cm³/mol. The van der Waals surface area contributed by atoms with Gasteiger partial charge in [-0.15, -0.1) is 0 Å². The molecule has 4 aromatic rings. The number of carbonyl (C=O) groups is 1. The number of imidazole rings is 1. The summed E-state index contributed by atoms with van der Waals surface area (Å²) in [5, 5.41) is 0.501. The molecular weight excluding hydrogens is 516 g/mol. The minimum Gasteiger partial charge on any atom is -0.493 e. The Morgan fingerprint density at radius 3 is 2.64 bits per heavy atom. The summed E-state index contributed by atoms with van der Waals surface area (Å²) < 4.78 is 19.5. The van der Waals surface area contributed by atoms with Gasteiger partial charge in [-0.05, 0) is 62.1 Å². The highest BCUT2D eigenvalue weighted by Gasteiger charge is 2.33. The third-order valence-electron chi connectivity index (χ3n) is 6.38. The third kappa shape index (κ3) is 6.01. The fourth-order valence-electron chi connectivity index (χ4n) is 4.58. The zero-order valence-corrected chi connectivity index (χ0v) is 23.2. The number of amides is 1. The molecule has 0 saturated heterocycles. The number of aromatic nitrogens is 3. The smallest absolute Gasteiger partial charge is 0.411 e. The molecule has 8 nitrogen and oxygen atoms in total. The molecule has 0 spiro atoms. The van der Waals surface area contributed by atoms with Crippen LogP contribution in [-0.4, -0.2) is 44.6 Å². The SMILES string of the molecule is COc1cc2c(cc1OCc1ccccc1)CCN(C(=O)OC(C)(C)C)C2/C=C/c1cnc2ncc(Cl)cn12. The van der Waals surface area contributed by atoms with Crippen LogP contribution in [0.15, 0.2) is 67.1 Å². The van der Waals surface area contributed by atoms with Gasteiger partial charge in [-0.3, -0.25) is 9.30 Å². The van der Waals surface area contributed by atoms with Crippen molar-refractivity contribution in [1.29, 1.82) is 0 Å². The molecule has 202 valence electrons. The minimum atomic E-state index is -0.622. The summed E-state index contributed by atoms with van der Waals surface area (Å²) in [4.78, 5) is 23.7. The predicted octanol–water partition coefficient (Wildman–Crippen LogP) is 6.52. The molecule has 0 radical (unpaired) electrons. The number of hydrogen-bond donors (Lipinski definition) is 0. The highest BCUT2D eigenvalue weighted by molar-refractivity contribution is 6.30. The maximum atomic E-state index is 13.3. The number of ether oxygens (including phenoxy) is 3. The van der Waals surface area contributed by atoms with Crippen LogP contribution in [-0.2, 0) is 17.8 Å². The molecular formula is C30H31ClN4O4. The van der Waals surface area contributed by atoms with E-state index in [9.17, 15) is 4.79 Å². The van der Waals surface area contributed by atoms with Gasteiger partial charge in [0.05, 0.1) is 36.3 Å². The molecule has 1 amide bonds. The lowest BCUT2D eigenvalue weighted by molar-refractivity contribution is 0.0185. The molecule has 3 heterocycles. The monoisotopic (exact) mass is 546 g/mol. The number of nitrogens with zero attached hydrogens (tertiary/aromatic N) is 4. The molecule has 2 aromatic heterocycles. The van der Waals surface area contributed by atoms with Crippen molar-refractivity contribution in [3.63, 3.8) is 0 Å². The van der Waals surface area contributed by atoms with Crippen LogP contribution in [0.5, 0.6) is 11.5 Å². The van der Waals surface area contributed by atoms with Crippen LogP contribution in [0, 0.1) is 0 Å². The van der Waals surface area contributed by atoms with E-state index in [0.29, 0.717) is 41.9 Å². The quantitative estimate of drug-likeness (QED) is 0.274. The molecule has 39 heavy (non-hydrogen) atoms. The maximum absolute atomic E-state index is 13.3. The van der Waals surface area contributed by atoms with Gasteiger partial charge in [-0.1, -0.05) is 48.0 Å². The number of rotatable bonds is 6. The standard InChI is InChI=1S/C30H31ClN4O4/c1-30(2,3)39-29(36)34-13-12-21-14-27(38-19-20-8-6-5-7-9-20)26(37-4)15-24(21)25(34)11-10-23-17-33-28-32-16-22(31)18-35(23)28/h5-11,14-18,25H,12-13,19H2,1-4H3/b11-10+. The van der Waals surface area contributed by atoms with E-state index in [0.717, 1.165) is 22.4 Å². The molecule has 9 heteroatoms. The summed E-state index contributed by atoms with van der Waals surface area (Å²) in [6.45, 7) is 6.50. The van der Waals surface area contributed by atoms with Gasteiger partial charge in [0.2, 0.25) is 5.78 Å². The molecule has 0 fully saturated rings. The molecule has 5 rings (SSSR count). The molecule has 0 saturated carbocycles.